The minimum absolute atomic E-state index is 0.255. The molecule has 1 aromatic carbocycles. The normalized spacial score (nSPS) is 10.5. The monoisotopic (exact) mass is 203 g/mol. The molecule has 1 aromatic heterocycles. The van der Waals surface area contributed by atoms with Crippen LogP contribution in [0.2, 0.25) is 0 Å². The molecule has 0 atom stereocenters. The summed E-state index contributed by atoms with van der Waals surface area (Å²) in [5, 5.41) is 6.23. The summed E-state index contributed by atoms with van der Waals surface area (Å²) in [6.45, 7) is 4.12. The highest BCUT2D eigenvalue weighted by Gasteiger charge is 2.01. The molecule has 0 aliphatic carbocycles. The Morgan fingerprint density at radius 3 is 2.40 bits per heavy atom. The van der Waals surface area contributed by atoms with E-state index in [0.29, 0.717) is 12.2 Å². The molecule has 0 amide bonds. The van der Waals surface area contributed by atoms with Gasteiger partial charge in [-0.05, 0) is 19.4 Å². The molecule has 15 heavy (non-hydrogen) atoms. The summed E-state index contributed by atoms with van der Waals surface area (Å²) in [7, 11) is 0. The summed E-state index contributed by atoms with van der Waals surface area (Å²) in [6, 6.07) is 6.32. The van der Waals surface area contributed by atoms with Crippen molar-refractivity contribution in [3.63, 3.8) is 0 Å². The van der Waals surface area contributed by atoms with Crippen molar-refractivity contribution in [1.82, 2.24) is 15.2 Å². The standard InChI is InChI=1S/C11H13N3O/c1-7-3-8(2)5-9(4-7)6-10-12-11(15)14-13-10/h3-5H,6H2,1-2H3,(H2,12,13,14,15). The van der Waals surface area contributed by atoms with Gasteiger partial charge in [0.25, 0.3) is 0 Å². The average molecular weight is 203 g/mol. The molecule has 2 rings (SSSR count). The maximum atomic E-state index is 10.8. The smallest absolute Gasteiger partial charge is 0.293 e. The lowest BCUT2D eigenvalue weighted by molar-refractivity contribution is 0.968. The Bertz CT molecular complexity index is 504. The van der Waals surface area contributed by atoms with Crippen molar-refractivity contribution in [1.29, 1.82) is 0 Å². The zero-order chi connectivity index (χ0) is 10.8. The SMILES string of the molecule is Cc1cc(C)cc(Cc2n[nH]c(=O)[nH]2)c1. The van der Waals surface area contributed by atoms with Crippen LogP contribution in [0.4, 0.5) is 0 Å². The third kappa shape index (κ3) is 2.34. The van der Waals surface area contributed by atoms with E-state index in [1.54, 1.807) is 0 Å². The molecule has 0 saturated heterocycles. The quantitative estimate of drug-likeness (QED) is 0.773. The zero-order valence-electron chi connectivity index (χ0n) is 8.79. The molecular formula is C11H13N3O. The minimum atomic E-state index is -0.255. The van der Waals surface area contributed by atoms with Gasteiger partial charge in [0, 0.05) is 6.42 Å². The summed E-state index contributed by atoms with van der Waals surface area (Å²) < 4.78 is 0. The van der Waals surface area contributed by atoms with Crippen molar-refractivity contribution in [2.75, 3.05) is 0 Å². The highest BCUT2D eigenvalue weighted by molar-refractivity contribution is 5.30. The molecule has 0 aliphatic heterocycles. The van der Waals surface area contributed by atoms with Gasteiger partial charge < -0.3 is 0 Å². The van der Waals surface area contributed by atoms with E-state index in [-0.39, 0.29) is 5.69 Å². The fraction of sp³-hybridized carbons (Fsp3) is 0.273. The lowest BCUT2D eigenvalue weighted by atomic mass is 10.1. The predicted octanol–water partition coefficient (Wildman–Crippen LogP) is 1.31. The zero-order valence-corrected chi connectivity index (χ0v) is 8.79. The van der Waals surface area contributed by atoms with Crippen LogP contribution in [0, 0.1) is 13.8 Å². The predicted molar refractivity (Wildman–Crippen MR) is 57.9 cm³/mol. The number of rotatable bonds is 2. The average Bonchev–Trinajstić information content (AvgIpc) is 2.49. The number of aromatic nitrogens is 3. The molecule has 0 fully saturated rings. The maximum absolute atomic E-state index is 10.8. The van der Waals surface area contributed by atoms with Crippen LogP contribution in [0.3, 0.4) is 0 Å². The maximum Gasteiger partial charge on any atom is 0.340 e. The Hall–Kier alpha value is -1.84. The van der Waals surface area contributed by atoms with E-state index in [2.05, 4.69) is 47.2 Å². The highest BCUT2D eigenvalue weighted by atomic mass is 16.1. The first-order chi connectivity index (χ1) is 7.13. The highest BCUT2D eigenvalue weighted by Crippen LogP contribution is 2.10. The van der Waals surface area contributed by atoms with Crippen molar-refractivity contribution in [2.24, 2.45) is 0 Å². The second-order valence-electron chi connectivity index (χ2n) is 3.80. The van der Waals surface area contributed by atoms with Gasteiger partial charge in [0.1, 0.15) is 5.82 Å². The van der Waals surface area contributed by atoms with E-state index in [1.165, 1.54) is 11.1 Å². The van der Waals surface area contributed by atoms with Crippen molar-refractivity contribution >= 4 is 0 Å². The molecule has 2 aromatic rings. The lowest BCUT2D eigenvalue weighted by Gasteiger charge is -2.02. The molecule has 0 aliphatic rings. The van der Waals surface area contributed by atoms with Crippen molar-refractivity contribution in [2.45, 2.75) is 20.3 Å². The van der Waals surface area contributed by atoms with E-state index in [0.717, 1.165) is 5.56 Å². The van der Waals surface area contributed by atoms with Crippen molar-refractivity contribution in [3.8, 4) is 0 Å². The topological polar surface area (TPSA) is 61.5 Å². The Kier molecular flexibility index (Phi) is 2.41. The van der Waals surface area contributed by atoms with Gasteiger partial charge in [-0.15, -0.1) is 0 Å². The van der Waals surface area contributed by atoms with Crippen molar-refractivity contribution < 1.29 is 0 Å². The number of aryl methyl sites for hydroxylation is 2. The second kappa shape index (κ2) is 3.73. The molecular weight excluding hydrogens is 190 g/mol. The number of hydrogen-bond donors (Lipinski definition) is 2. The van der Waals surface area contributed by atoms with E-state index in [1.807, 2.05) is 0 Å². The first-order valence-electron chi connectivity index (χ1n) is 4.84. The van der Waals surface area contributed by atoms with Gasteiger partial charge in [-0.2, -0.15) is 5.10 Å². The van der Waals surface area contributed by atoms with Gasteiger partial charge in [0.15, 0.2) is 0 Å². The van der Waals surface area contributed by atoms with Gasteiger partial charge in [-0.1, -0.05) is 29.3 Å². The van der Waals surface area contributed by atoms with Crippen LogP contribution in [-0.2, 0) is 6.42 Å². The Labute approximate surface area is 87.4 Å². The van der Waals surface area contributed by atoms with Gasteiger partial charge in [0.05, 0.1) is 0 Å². The molecule has 2 N–H and O–H groups in total. The fourth-order valence-corrected chi connectivity index (χ4v) is 1.75. The van der Waals surface area contributed by atoms with Gasteiger partial charge in [-0.25, -0.2) is 9.89 Å². The molecule has 0 spiro atoms. The summed E-state index contributed by atoms with van der Waals surface area (Å²) in [4.78, 5) is 13.5. The van der Waals surface area contributed by atoms with Crippen LogP contribution in [0.5, 0.6) is 0 Å². The molecule has 78 valence electrons. The second-order valence-corrected chi connectivity index (χ2v) is 3.80. The molecule has 0 unspecified atom stereocenters. The lowest BCUT2D eigenvalue weighted by Crippen LogP contribution is -2.01. The molecule has 0 radical (unpaired) electrons. The number of nitrogens with one attached hydrogen (secondary N) is 2. The number of benzene rings is 1. The van der Waals surface area contributed by atoms with Gasteiger partial charge in [0.2, 0.25) is 0 Å². The van der Waals surface area contributed by atoms with E-state index < -0.39 is 0 Å². The summed E-state index contributed by atoms with van der Waals surface area (Å²) in [6.07, 6.45) is 0.654. The van der Waals surface area contributed by atoms with E-state index in [4.69, 9.17) is 0 Å². The fourth-order valence-electron chi connectivity index (χ4n) is 1.75. The number of hydrogen-bond acceptors (Lipinski definition) is 2. The van der Waals surface area contributed by atoms with E-state index in [9.17, 15) is 4.79 Å². The number of nitrogens with zero attached hydrogens (tertiary/aromatic N) is 1. The largest absolute Gasteiger partial charge is 0.340 e. The van der Waals surface area contributed by atoms with Crippen LogP contribution < -0.4 is 5.69 Å². The van der Waals surface area contributed by atoms with Gasteiger partial charge in [-0.3, -0.25) is 4.98 Å². The first kappa shape index (κ1) is 9.71. The molecule has 0 saturated carbocycles. The number of aromatic amines is 2. The Morgan fingerprint density at radius 2 is 1.87 bits per heavy atom. The molecule has 4 nitrogen and oxygen atoms in total. The van der Waals surface area contributed by atoms with Crippen LogP contribution in [-0.4, -0.2) is 15.2 Å². The van der Waals surface area contributed by atoms with Crippen LogP contribution in [0.25, 0.3) is 0 Å². The van der Waals surface area contributed by atoms with Gasteiger partial charge >= 0.3 is 5.69 Å². The third-order valence-electron chi connectivity index (χ3n) is 2.20. The summed E-state index contributed by atoms with van der Waals surface area (Å²) >= 11 is 0. The van der Waals surface area contributed by atoms with Crippen LogP contribution in [0.1, 0.15) is 22.5 Å². The Morgan fingerprint density at radius 1 is 1.20 bits per heavy atom. The Balaban J connectivity index is 2.27. The number of H-pyrrole nitrogens is 2. The first-order valence-corrected chi connectivity index (χ1v) is 4.84. The summed E-state index contributed by atoms with van der Waals surface area (Å²) in [5.74, 6) is 0.671. The summed E-state index contributed by atoms with van der Waals surface area (Å²) in [5.41, 5.74) is 3.36. The van der Waals surface area contributed by atoms with Crippen LogP contribution >= 0.6 is 0 Å². The molecule has 4 heteroatoms. The minimum Gasteiger partial charge on any atom is -0.293 e. The van der Waals surface area contributed by atoms with E-state index >= 15 is 0 Å². The molecule has 0 bridgehead atoms. The van der Waals surface area contributed by atoms with Crippen molar-refractivity contribution in [3.05, 3.63) is 51.2 Å². The van der Waals surface area contributed by atoms with Crippen LogP contribution in [0.15, 0.2) is 23.0 Å². The molecule has 1 heterocycles. The third-order valence-corrected chi connectivity index (χ3v) is 2.20.